The third kappa shape index (κ3) is 6.23. The number of benzene rings is 2. The summed E-state index contributed by atoms with van der Waals surface area (Å²) in [5.74, 6) is -1.12. The van der Waals surface area contributed by atoms with Crippen LogP contribution < -0.4 is 10.2 Å². The summed E-state index contributed by atoms with van der Waals surface area (Å²) in [5, 5.41) is 2.66. The highest BCUT2D eigenvalue weighted by Crippen LogP contribution is 2.16. The van der Waals surface area contributed by atoms with E-state index >= 15 is 0 Å². The number of anilines is 2. The molecule has 0 spiro atoms. The van der Waals surface area contributed by atoms with E-state index in [-0.39, 0.29) is 25.2 Å². The van der Waals surface area contributed by atoms with Gasteiger partial charge in [0.15, 0.2) is 12.4 Å². The first-order valence-corrected chi connectivity index (χ1v) is 9.09. The number of ether oxygens (including phenoxy) is 1. The maximum absolute atomic E-state index is 12.2. The van der Waals surface area contributed by atoms with E-state index in [0.717, 1.165) is 16.8 Å². The number of ketones is 1. The Morgan fingerprint density at radius 1 is 0.929 bits per heavy atom. The SMILES string of the molecule is Cc1ccc(C(=O)CCC(=O)OCC(=O)Nc2ccc(N(C)C)cc2)cc1C. The van der Waals surface area contributed by atoms with Gasteiger partial charge in [0.05, 0.1) is 6.42 Å². The Balaban J connectivity index is 1.74. The van der Waals surface area contributed by atoms with Crippen molar-refractivity contribution < 1.29 is 19.1 Å². The van der Waals surface area contributed by atoms with Crippen molar-refractivity contribution in [3.8, 4) is 0 Å². The molecule has 0 fully saturated rings. The molecule has 28 heavy (non-hydrogen) atoms. The van der Waals surface area contributed by atoms with Crippen molar-refractivity contribution in [3.05, 3.63) is 59.2 Å². The summed E-state index contributed by atoms with van der Waals surface area (Å²) >= 11 is 0. The zero-order valence-electron chi connectivity index (χ0n) is 16.7. The minimum Gasteiger partial charge on any atom is -0.456 e. The highest BCUT2D eigenvalue weighted by atomic mass is 16.5. The van der Waals surface area contributed by atoms with Crippen LogP contribution >= 0.6 is 0 Å². The molecule has 0 aliphatic rings. The number of nitrogens with zero attached hydrogens (tertiary/aromatic N) is 1. The molecule has 1 amide bonds. The number of carbonyl (C=O) groups is 3. The number of nitrogens with one attached hydrogen (secondary N) is 1. The number of aryl methyl sites for hydroxylation is 2. The molecule has 0 aliphatic carbocycles. The first kappa shape index (κ1) is 21.2. The van der Waals surface area contributed by atoms with Crippen LogP contribution in [0.1, 0.15) is 34.3 Å². The molecule has 0 radical (unpaired) electrons. The smallest absolute Gasteiger partial charge is 0.306 e. The predicted molar refractivity (Wildman–Crippen MR) is 110 cm³/mol. The molecule has 0 saturated heterocycles. The summed E-state index contributed by atoms with van der Waals surface area (Å²) in [6.45, 7) is 3.53. The van der Waals surface area contributed by atoms with Gasteiger partial charge in [-0.2, -0.15) is 0 Å². The number of hydrogen-bond acceptors (Lipinski definition) is 5. The Labute approximate surface area is 165 Å². The van der Waals surface area contributed by atoms with Gasteiger partial charge in [0.2, 0.25) is 0 Å². The van der Waals surface area contributed by atoms with Gasteiger partial charge >= 0.3 is 5.97 Å². The van der Waals surface area contributed by atoms with Gasteiger partial charge in [0, 0.05) is 37.5 Å². The molecular formula is C22H26N2O4. The number of rotatable bonds is 8. The molecule has 6 nitrogen and oxygen atoms in total. The fourth-order valence-electron chi connectivity index (χ4n) is 2.53. The van der Waals surface area contributed by atoms with Crippen molar-refractivity contribution in [2.75, 3.05) is 30.9 Å². The minimum absolute atomic E-state index is 0.0505. The summed E-state index contributed by atoms with van der Waals surface area (Å²) in [6.07, 6.45) is -0.00841. The van der Waals surface area contributed by atoms with E-state index in [2.05, 4.69) is 5.32 Å². The van der Waals surface area contributed by atoms with Crippen LogP contribution in [0.4, 0.5) is 11.4 Å². The van der Waals surface area contributed by atoms with Crippen LogP contribution in [0.15, 0.2) is 42.5 Å². The molecule has 0 atom stereocenters. The van der Waals surface area contributed by atoms with Gasteiger partial charge in [-0.3, -0.25) is 14.4 Å². The van der Waals surface area contributed by atoms with Gasteiger partial charge in [-0.05, 0) is 55.3 Å². The maximum atomic E-state index is 12.2. The van der Waals surface area contributed by atoms with Gasteiger partial charge in [-0.1, -0.05) is 12.1 Å². The molecule has 2 aromatic carbocycles. The monoisotopic (exact) mass is 382 g/mol. The standard InChI is InChI=1S/C22H26N2O4/c1-15-5-6-17(13-16(15)2)20(25)11-12-22(27)28-14-21(26)23-18-7-9-19(10-8-18)24(3)4/h5-10,13H,11-12,14H2,1-4H3,(H,23,26). The normalized spacial score (nSPS) is 10.3. The highest BCUT2D eigenvalue weighted by Gasteiger charge is 2.12. The van der Waals surface area contributed by atoms with Crippen molar-refractivity contribution in [3.63, 3.8) is 0 Å². The topological polar surface area (TPSA) is 75.7 Å². The van der Waals surface area contributed by atoms with Crippen LogP contribution in [0, 0.1) is 13.8 Å². The van der Waals surface area contributed by atoms with Crippen molar-refractivity contribution >= 4 is 29.0 Å². The Hall–Kier alpha value is -3.15. The van der Waals surface area contributed by atoms with Crippen molar-refractivity contribution in [1.29, 1.82) is 0 Å². The Kier molecular flexibility index (Phi) is 7.32. The van der Waals surface area contributed by atoms with Crippen LogP contribution in [0.25, 0.3) is 0 Å². The van der Waals surface area contributed by atoms with Crippen LogP contribution in [0.2, 0.25) is 0 Å². The van der Waals surface area contributed by atoms with E-state index in [1.54, 1.807) is 18.2 Å². The second-order valence-corrected chi connectivity index (χ2v) is 6.87. The summed E-state index contributed by atoms with van der Waals surface area (Å²) in [6, 6.07) is 12.8. The number of Topliss-reactive ketones (excluding diaryl/α,β-unsaturated/α-hetero) is 1. The fraction of sp³-hybridized carbons (Fsp3) is 0.318. The van der Waals surface area contributed by atoms with E-state index in [4.69, 9.17) is 4.74 Å². The summed E-state index contributed by atoms with van der Waals surface area (Å²) in [5.41, 5.74) is 4.35. The molecule has 0 saturated carbocycles. The molecule has 0 aliphatic heterocycles. The van der Waals surface area contributed by atoms with Gasteiger partial charge in [-0.25, -0.2) is 0 Å². The molecule has 6 heteroatoms. The number of carbonyl (C=O) groups excluding carboxylic acids is 3. The molecule has 148 valence electrons. The van der Waals surface area contributed by atoms with Crippen LogP contribution in [0.5, 0.6) is 0 Å². The third-order valence-corrected chi connectivity index (χ3v) is 4.42. The summed E-state index contributed by atoms with van der Waals surface area (Å²) in [4.78, 5) is 37.8. The summed E-state index contributed by atoms with van der Waals surface area (Å²) in [7, 11) is 3.86. The molecule has 1 N–H and O–H groups in total. The quantitative estimate of drug-likeness (QED) is 0.558. The van der Waals surface area contributed by atoms with E-state index in [1.807, 2.05) is 57.1 Å². The number of amides is 1. The van der Waals surface area contributed by atoms with Crippen LogP contribution in [-0.4, -0.2) is 38.4 Å². The fourth-order valence-corrected chi connectivity index (χ4v) is 2.53. The van der Waals surface area contributed by atoms with Gasteiger partial charge < -0.3 is 15.0 Å². The lowest BCUT2D eigenvalue weighted by molar-refractivity contribution is -0.147. The zero-order chi connectivity index (χ0) is 20.7. The average molecular weight is 382 g/mol. The first-order valence-electron chi connectivity index (χ1n) is 9.09. The van der Waals surface area contributed by atoms with E-state index in [9.17, 15) is 14.4 Å². The van der Waals surface area contributed by atoms with E-state index in [0.29, 0.717) is 11.3 Å². The molecule has 0 bridgehead atoms. The summed E-state index contributed by atoms with van der Waals surface area (Å²) < 4.78 is 4.96. The van der Waals surface area contributed by atoms with Crippen LogP contribution in [-0.2, 0) is 14.3 Å². The molecule has 0 heterocycles. The molecular weight excluding hydrogens is 356 g/mol. The number of hydrogen-bond donors (Lipinski definition) is 1. The van der Waals surface area contributed by atoms with Gasteiger partial charge in [-0.15, -0.1) is 0 Å². The second-order valence-electron chi connectivity index (χ2n) is 6.87. The third-order valence-electron chi connectivity index (χ3n) is 4.42. The first-order chi connectivity index (χ1) is 13.3. The molecule has 2 rings (SSSR count). The van der Waals surface area contributed by atoms with E-state index in [1.165, 1.54) is 0 Å². The Bertz CT molecular complexity index is 857. The lowest BCUT2D eigenvalue weighted by Gasteiger charge is -2.13. The number of esters is 1. The molecule has 2 aromatic rings. The molecule has 0 aromatic heterocycles. The van der Waals surface area contributed by atoms with Crippen molar-refractivity contribution in [2.45, 2.75) is 26.7 Å². The lowest BCUT2D eigenvalue weighted by atomic mass is 10.0. The zero-order valence-corrected chi connectivity index (χ0v) is 16.7. The van der Waals surface area contributed by atoms with Crippen molar-refractivity contribution in [1.82, 2.24) is 0 Å². The van der Waals surface area contributed by atoms with Crippen LogP contribution in [0.3, 0.4) is 0 Å². The lowest BCUT2D eigenvalue weighted by Crippen LogP contribution is -2.21. The molecule has 0 unspecified atom stereocenters. The van der Waals surface area contributed by atoms with Gasteiger partial charge in [0.25, 0.3) is 5.91 Å². The largest absolute Gasteiger partial charge is 0.456 e. The average Bonchev–Trinajstić information content (AvgIpc) is 2.67. The Morgan fingerprint density at radius 2 is 1.61 bits per heavy atom. The van der Waals surface area contributed by atoms with E-state index < -0.39 is 11.9 Å². The second kappa shape index (κ2) is 9.69. The predicted octanol–water partition coefficient (Wildman–Crippen LogP) is 3.51. The Morgan fingerprint density at radius 3 is 2.21 bits per heavy atom. The minimum atomic E-state index is -0.574. The highest BCUT2D eigenvalue weighted by molar-refractivity contribution is 5.98. The maximum Gasteiger partial charge on any atom is 0.306 e. The van der Waals surface area contributed by atoms with Gasteiger partial charge in [0.1, 0.15) is 0 Å². The van der Waals surface area contributed by atoms with Crippen molar-refractivity contribution in [2.24, 2.45) is 0 Å².